The highest BCUT2D eigenvalue weighted by Gasteiger charge is 2.06. The molecule has 1 nitrogen and oxygen atoms in total. The van der Waals surface area contributed by atoms with Crippen molar-refractivity contribution in [1.29, 1.82) is 0 Å². The number of carbonyl (C=O) groups excluding carboxylic acids is 1. The Balaban J connectivity index is 2.20. The molecule has 0 bridgehead atoms. The Labute approximate surface area is 97.2 Å². The topological polar surface area (TPSA) is 17.1 Å². The number of ketones is 1. The van der Waals surface area contributed by atoms with Crippen molar-refractivity contribution >= 4 is 11.4 Å². The van der Waals surface area contributed by atoms with Crippen LogP contribution < -0.4 is 0 Å². The van der Waals surface area contributed by atoms with E-state index in [0.29, 0.717) is 0 Å². The molecule has 1 aromatic carbocycles. The minimum atomic E-state index is 0.140. The van der Waals surface area contributed by atoms with Gasteiger partial charge in [0.2, 0.25) is 0 Å². The highest BCUT2D eigenvalue weighted by Crippen LogP contribution is 2.26. The lowest BCUT2D eigenvalue weighted by molar-refractivity contribution is 0.101. The molecule has 0 saturated carbocycles. The lowest BCUT2D eigenvalue weighted by atomic mass is 9.99. The van der Waals surface area contributed by atoms with Crippen molar-refractivity contribution in [2.75, 3.05) is 0 Å². The average molecular weight is 214 g/mol. The Morgan fingerprint density at radius 3 is 2.50 bits per heavy atom. The van der Waals surface area contributed by atoms with Gasteiger partial charge in [-0.15, -0.1) is 0 Å². The smallest absolute Gasteiger partial charge is 0.159 e. The number of rotatable bonds is 2. The first-order valence-corrected chi connectivity index (χ1v) is 6.08. The zero-order chi connectivity index (χ0) is 11.4. The van der Waals surface area contributed by atoms with Crippen molar-refractivity contribution in [3.05, 3.63) is 41.5 Å². The van der Waals surface area contributed by atoms with Gasteiger partial charge in [0.05, 0.1) is 0 Å². The van der Waals surface area contributed by atoms with Crippen molar-refractivity contribution in [3.8, 4) is 0 Å². The molecule has 0 aromatic heterocycles. The minimum absolute atomic E-state index is 0.140. The van der Waals surface area contributed by atoms with E-state index in [4.69, 9.17) is 0 Å². The third-order valence-corrected chi connectivity index (χ3v) is 3.20. The van der Waals surface area contributed by atoms with Crippen LogP contribution in [-0.4, -0.2) is 5.78 Å². The van der Waals surface area contributed by atoms with Crippen molar-refractivity contribution in [1.82, 2.24) is 0 Å². The van der Waals surface area contributed by atoms with E-state index in [9.17, 15) is 4.79 Å². The zero-order valence-electron chi connectivity index (χ0n) is 9.83. The summed E-state index contributed by atoms with van der Waals surface area (Å²) in [4.78, 5) is 11.2. The highest BCUT2D eigenvalue weighted by molar-refractivity contribution is 5.94. The predicted molar refractivity (Wildman–Crippen MR) is 67.5 cm³/mol. The number of Topliss-reactive ketones (excluding diaryl/α,β-unsaturated/α-hetero) is 1. The van der Waals surface area contributed by atoms with E-state index in [2.05, 4.69) is 18.2 Å². The lowest BCUT2D eigenvalue weighted by Gasteiger charge is -2.06. The van der Waals surface area contributed by atoms with Gasteiger partial charge in [-0.05, 0) is 43.7 Å². The van der Waals surface area contributed by atoms with Crippen LogP contribution in [-0.2, 0) is 0 Å². The number of hydrogen-bond donors (Lipinski definition) is 0. The van der Waals surface area contributed by atoms with E-state index in [1.54, 1.807) is 6.92 Å². The Morgan fingerprint density at radius 2 is 1.81 bits per heavy atom. The average Bonchev–Trinajstić information content (AvgIpc) is 2.57. The van der Waals surface area contributed by atoms with E-state index < -0.39 is 0 Å². The molecule has 0 amide bonds. The summed E-state index contributed by atoms with van der Waals surface area (Å²) in [5, 5.41) is 0. The largest absolute Gasteiger partial charge is 0.295 e. The molecule has 0 radical (unpaired) electrons. The van der Waals surface area contributed by atoms with Crippen molar-refractivity contribution in [2.45, 2.75) is 39.0 Å². The number of allylic oxidation sites excluding steroid dienone is 2. The van der Waals surface area contributed by atoms with Gasteiger partial charge in [0.25, 0.3) is 0 Å². The molecule has 0 aliphatic heterocycles. The fraction of sp³-hybridized carbons (Fsp3) is 0.400. The van der Waals surface area contributed by atoms with Crippen LogP contribution in [0.25, 0.3) is 5.57 Å². The first-order valence-electron chi connectivity index (χ1n) is 6.08. The Kier molecular flexibility index (Phi) is 3.55. The van der Waals surface area contributed by atoms with Gasteiger partial charge in [0, 0.05) is 5.56 Å². The number of benzene rings is 1. The van der Waals surface area contributed by atoms with Crippen molar-refractivity contribution in [2.24, 2.45) is 0 Å². The second-order valence-corrected chi connectivity index (χ2v) is 4.46. The van der Waals surface area contributed by atoms with E-state index >= 15 is 0 Å². The van der Waals surface area contributed by atoms with E-state index in [1.165, 1.54) is 43.2 Å². The van der Waals surface area contributed by atoms with Crippen LogP contribution in [0.2, 0.25) is 0 Å². The summed E-state index contributed by atoms with van der Waals surface area (Å²) in [6.45, 7) is 1.61. The monoisotopic (exact) mass is 214 g/mol. The molecule has 0 fully saturated rings. The van der Waals surface area contributed by atoms with Crippen molar-refractivity contribution < 1.29 is 4.79 Å². The van der Waals surface area contributed by atoms with Crippen LogP contribution in [0.3, 0.4) is 0 Å². The van der Waals surface area contributed by atoms with Crippen LogP contribution in [0.4, 0.5) is 0 Å². The number of hydrogen-bond acceptors (Lipinski definition) is 1. The fourth-order valence-corrected chi connectivity index (χ4v) is 2.20. The van der Waals surface area contributed by atoms with Gasteiger partial charge >= 0.3 is 0 Å². The summed E-state index contributed by atoms with van der Waals surface area (Å²) in [5.41, 5.74) is 3.54. The molecule has 0 spiro atoms. The van der Waals surface area contributed by atoms with Crippen LogP contribution in [0.15, 0.2) is 30.3 Å². The third-order valence-electron chi connectivity index (χ3n) is 3.20. The summed E-state index contributed by atoms with van der Waals surface area (Å²) in [7, 11) is 0. The van der Waals surface area contributed by atoms with Gasteiger partial charge in [-0.1, -0.05) is 36.8 Å². The maximum absolute atomic E-state index is 11.2. The fourth-order valence-electron chi connectivity index (χ4n) is 2.20. The van der Waals surface area contributed by atoms with E-state index in [-0.39, 0.29) is 5.78 Å². The van der Waals surface area contributed by atoms with Crippen LogP contribution in [0.5, 0.6) is 0 Å². The molecule has 0 N–H and O–H groups in total. The summed E-state index contributed by atoms with van der Waals surface area (Å²) in [6, 6.07) is 8.02. The first kappa shape index (κ1) is 11.1. The van der Waals surface area contributed by atoms with Crippen molar-refractivity contribution in [3.63, 3.8) is 0 Å². The molecule has 1 heteroatoms. The molecule has 0 atom stereocenters. The van der Waals surface area contributed by atoms with Crippen LogP contribution in [0, 0.1) is 0 Å². The maximum Gasteiger partial charge on any atom is 0.159 e. The molecule has 1 aliphatic carbocycles. The summed E-state index contributed by atoms with van der Waals surface area (Å²) in [6.07, 6.45) is 8.68. The standard InChI is InChI=1S/C15H18O/c1-12(16)13-8-10-15(11-9-13)14-6-4-2-3-5-7-14/h6,8-11H,2-5,7H2,1H3. The molecule has 0 heterocycles. The predicted octanol–water partition coefficient (Wildman–Crippen LogP) is 4.24. The normalized spacial score (nSPS) is 16.4. The van der Waals surface area contributed by atoms with Crippen LogP contribution >= 0.6 is 0 Å². The van der Waals surface area contributed by atoms with E-state index in [0.717, 1.165) is 5.56 Å². The highest BCUT2D eigenvalue weighted by atomic mass is 16.1. The molecule has 1 aliphatic rings. The van der Waals surface area contributed by atoms with Gasteiger partial charge in [-0.3, -0.25) is 4.79 Å². The summed E-state index contributed by atoms with van der Waals surface area (Å²) < 4.78 is 0. The molecule has 2 rings (SSSR count). The molecule has 84 valence electrons. The van der Waals surface area contributed by atoms with Gasteiger partial charge in [0.15, 0.2) is 5.78 Å². The van der Waals surface area contributed by atoms with Gasteiger partial charge < -0.3 is 0 Å². The number of carbonyl (C=O) groups is 1. The summed E-state index contributed by atoms with van der Waals surface area (Å²) >= 11 is 0. The molecule has 16 heavy (non-hydrogen) atoms. The van der Waals surface area contributed by atoms with Crippen LogP contribution in [0.1, 0.15) is 54.9 Å². The lowest BCUT2D eigenvalue weighted by Crippen LogP contribution is -1.92. The first-order chi connectivity index (χ1) is 7.77. The van der Waals surface area contributed by atoms with Gasteiger partial charge in [-0.25, -0.2) is 0 Å². The molecule has 1 aromatic rings. The molecular formula is C15H18O. The maximum atomic E-state index is 11.2. The van der Waals surface area contributed by atoms with Gasteiger partial charge in [0.1, 0.15) is 0 Å². The Hall–Kier alpha value is -1.37. The second kappa shape index (κ2) is 5.11. The molecule has 0 saturated heterocycles. The minimum Gasteiger partial charge on any atom is -0.295 e. The Morgan fingerprint density at radius 1 is 1.06 bits per heavy atom. The van der Waals surface area contributed by atoms with Gasteiger partial charge in [-0.2, -0.15) is 0 Å². The Bertz CT molecular complexity index is 398. The SMILES string of the molecule is CC(=O)c1ccc(C2=CCCCCC2)cc1. The molecule has 0 unspecified atom stereocenters. The third kappa shape index (κ3) is 2.60. The van der Waals surface area contributed by atoms with E-state index in [1.807, 2.05) is 12.1 Å². The quantitative estimate of drug-likeness (QED) is 0.673. The summed E-state index contributed by atoms with van der Waals surface area (Å²) in [5.74, 6) is 0.140. The molecular weight excluding hydrogens is 196 g/mol. The second-order valence-electron chi connectivity index (χ2n) is 4.46. The zero-order valence-corrected chi connectivity index (χ0v) is 9.83.